The molecule has 0 saturated carbocycles. The highest BCUT2D eigenvalue weighted by molar-refractivity contribution is 6.28. The third-order valence-electron chi connectivity index (χ3n) is 2.54. The Morgan fingerprint density at radius 1 is 1.30 bits per heavy atom. The highest BCUT2D eigenvalue weighted by Gasteiger charge is 2.06. The Hall–Kier alpha value is -2.48. The summed E-state index contributed by atoms with van der Waals surface area (Å²) in [5, 5.41) is 7.30. The Kier molecular flexibility index (Phi) is 3.30. The number of nitrogens with one attached hydrogen (secondary N) is 1. The topological polar surface area (TPSA) is 86.3 Å². The molecule has 3 heterocycles. The summed E-state index contributed by atoms with van der Waals surface area (Å²) in [6.07, 6.45) is 8.65. The quantitative estimate of drug-likeness (QED) is 0.773. The number of rotatable bonds is 4. The van der Waals surface area contributed by atoms with Crippen LogP contribution in [-0.4, -0.2) is 34.3 Å². The molecule has 1 N–H and O–H groups in total. The highest BCUT2D eigenvalue weighted by Crippen LogP contribution is 2.10. The van der Waals surface area contributed by atoms with Gasteiger partial charge >= 0.3 is 0 Å². The number of halogens is 1. The van der Waals surface area contributed by atoms with Crippen LogP contribution in [0.1, 0.15) is 5.56 Å². The van der Waals surface area contributed by atoms with Gasteiger partial charge in [-0.3, -0.25) is 9.25 Å². The summed E-state index contributed by atoms with van der Waals surface area (Å²) in [7, 11) is 1.86. The summed E-state index contributed by atoms with van der Waals surface area (Å²) in [5.74, 6) is 0.814. The van der Waals surface area contributed by atoms with Crippen LogP contribution in [0.25, 0.3) is 5.95 Å². The molecule has 9 heteroatoms. The van der Waals surface area contributed by atoms with Crippen molar-refractivity contribution >= 4 is 17.5 Å². The van der Waals surface area contributed by atoms with Gasteiger partial charge in [-0.15, -0.1) is 0 Å². The Morgan fingerprint density at radius 2 is 2.20 bits per heavy atom. The molecule has 0 spiro atoms. The third kappa shape index (κ3) is 2.75. The molecule has 0 radical (unpaired) electrons. The van der Waals surface area contributed by atoms with Crippen LogP contribution in [0.2, 0.25) is 5.28 Å². The molecule has 0 aliphatic rings. The van der Waals surface area contributed by atoms with Crippen molar-refractivity contribution in [2.24, 2.45) is 7.05 Å². The van der Waals surface area contributed by atoms with E-state index in [2.05, 4.69) is 30.4 Å². The molecule has 102 valence electrons. The average molecular weight is 291 g/mol. The predicted molar refractivity (Wildman–Crippen MR) is 72.5 cm³/mol. The smallest absolute Gasteiger partial charge is 0.241 e. The van der Waals surface area contributed by atoms with Crippen molar-refractivity contribution in [3.8, 4) is 5.95 Å². The van der Waals surface area contributed by atoms with Crippen molar-refractivity contribution in [2.75, 3.05) is 5.32 Å². The second kappa shape index (κ2) is 5.25. The summed E-state index contributed by atoms with van der Waals surface area (Å²) < 4.78 is 3.39. The second-order valence-corrected chi connectivity index (χ2v) is 4.41. The monoisotopic (exact) mass is 290 g/mol. The first-order valence-corrected chi connectivity index (χ1v) is 6.20. The molecule has 0 atom stereocenters. The van der Waals surface area contributed by atoms with Crippen LogP contribution >= 0.6 is 11.6 Å². The summed E-state index contributed by atoms with van der Waals surface area (Å²) in [5.41, 5.74) is 1.02. The molecule has 0 unspecified atom stereocenters. The third-order valence-corrected chi connectivity index (χ3v) is 2.71. The molecule has 0 fully saturated rings. The first-order valence-electron chi connectivity index (χ1n) is 5.82. The molecule has 0 bridgehead atoms. The van der Waals surface area contributed by atoms with Crippen LogP contribution in [-0.2, 0) is 13.6 Å². The Bertz CT molecular complexity index is 705. The van der Waals surface area contributed by atoms with E-state index in [1.54, 1.807) is 34.2 Å². The second-order valence-electron chi connectivity index (χ2n) is 4.07. The summed E-state index contributed by atoms with van der Waals surface area (Å²) in [6.45, 7) is 0.553. The maximum Gasteiger partial charge on any atom is 0.241 e. The Labute approximate surface area is 119 Å². The van der Waals surface area contributed by atoms with Crippen molar-refractivity contribution in [3.05, 3.63) is 42.0 Å². The highest BCUT2D eigenvalue weighted by atomic mass is 35.5. The summed E-state index contributed by atoms with van der Waals surface area (Å²) >= 11 is 5.90. The van der Waals surface area contributed by atoms with Gasteiger partial charge in [-0.25, -0.2) is 4.98 Å². The van der Waals surface area contributed by atoms with E-state index in [0.717, 1.165) is 5.56 Å². The van der Waals surface area contributed by atoms with Crippen LogP contribution in [0.5, 0.6) is 0 Å². The number of aryl methyl sites for hydroxylation is 1. The van der Waals surface area contributed by atoms with Crippen LogP contribution in [0.15, 0.2) is 31.1 Å². The minimum atomic E-state index is 0.123. The van der Waals surface area contributed by atoms with Gasteiger partial charge in [0.25, 0.3) is 0 Å². The molecule has 0 aliphatic heterocycles. The number of hydrogen-bond donors (Lipinski definition) is 1. The zero-order valence-electron chi connectivity index (χ0n) is 10.6. The van der Waals surface area contributed by atoms with Gasteiger partial charge in [0.15, 0.2) is 0 Å². The molecule has 20 heavy (non-hydrogen) atoms. The average Bonchev–Trinajstić information content (AvgIpc) is 3.07. The zero-order valence-corrected chi connectivity index (χ0v) is 11.4. The number of hydrogen-bond acceptors (Lipinski definition) is 6. The van der Waals surface area contributed by atoms with E-state index in [9.17, 15) is 0 Å². The van der Waals surface area contributed by atoms with Gasteiger partial charge in [-0.05, 0) is 11.6 Å². The molecular weight excluding hydrogens is 280 g/mol. The van der Waals surface area contributed by atoms with E-state index in [1.807, 2.05) is 13.2 Å². The van der Waals surface area contributed by atoms with E-state index >= 15 is 0 Å². The predicted octanol–water partition coefficient (Wildman–Crippen LogP) is 1.06. The largest absolute Gasteiger partial charge is 0.350 e. The van der Waals surface area contributed by atoms with E-state index < -0.39 is 0 Å². The molecule has 0 amide bonds. The van der Waals surface area contributed by atoms with Gasteiger partial charge in [0.2, 0.25) is 17.2 Å². The minimum Gasteiger partial charge on any atom is -0.350 e. The first-order chi connectivity index (χ1) is 9.70. The van der Waals surface area contributed by atoms with Crippen molar-refractivity contribution in [2.45, 2.75) is 6.54 Å². The summed E-state index contributed by atoms with van der Waals surface area (Å²) in [4.78, 5) is 16.3. The molecular formula is C11H11ClN8. The standard InChI is InChI=1S/C11H11ClN8/c1-19-6-8(5-15-19)4-14-10-16-9(12)17-11(18-10)20-3-2-13-7-20/h2-3,5-7H,4H2,1H3,(H,14,16,17,18). The van der Waals surface area contributed by atoms with Crippen molar-refractivity contribution in [1.82, 2.24) is 34.3 Å². The van der Waals surface area contributed by atoms with E-state index in [4.69, 9.17) is 11.6 Å². The zero-order chi connectivity index (χ0) is 13.9. The van der Waals surface area contributed by atoms with Gasteiger partial charge in [-0.2, -0.15) is 20.1 Å². The van der Waals surface area contributed by atoms with Gasteiger partial charge in [-0.1, -0.05) is 0 Å². The fourth-order valence-corrected chi connectivity index (χ4v) is 1.81. The van der Waals surface area contributed by atoms with Gasteiger partial charge in [0.1, 0.15) is 6.33 Å². The minimum absolute atomic E-state index is 0.123. The van der Waals surface area contributed by atoms with E-state index in [1.165, 1.54) is 0 Å². The summed E-state index contributed by atoms with van der Waals surface area (Å²) in [6, 6.07) is 0. The Balaban J connectivity index is 1.79. The van der Waals surface area contributed by atoms with Crippen LogP contribution < -0.4 is 5.32 Å². The van der Waals surface area contributed by atoms with E-state index in [-0.39, 0.29) is 5.28 Å². The first kappa shape index (κ1) is 12.5. The number of anilines is 1. The lowest BCUT2D eigenvalue weighted by molar-refractivity contribution is 0.767. The SMILES string of the molecule is Cn1cc(CNc2nc(Cl)nc(-n3ccnc3)n2)cn1. The van der Waals surface area contributed by atoms with E-state index in [0.29, 0.717) is 18.4 Å². The molecule has 0 aliphatic carbocycles. The number of aromatic nitrogens is 7. The fourth-order valence-electron chi connectivity index (χ4n) is 1.66. The van der Waals surface area contributed by atoms with Crippen LogP contribution in [0.3, 0.4) is 0 Å². The fraction of sp³-hybridized carbons (Fsp3) is 0.182. The molecule has 0 aromatic carbocycles. The number of nitrogens with zero attached hydrogens (tertiary/aromatic N) is 7. The normalized spacial score (nSPS) is 10.7. The van der Waals surface area contributed by atoms with Gasteiger partial charge in [0.05, 0.1) is 6.20 Å². The maximum atomic E-state index is 5.90. The molecule has 3 rings (SSSR count). The van der Waals surface area contributed by atoms with Gasteiger partial charge in [0, 0.05) is 37.7 Å². The lowest BCUT2D eigenvalue weighted by Gasteiger charge is -2.05. The number of imidazole rings is 1. The van der Waals surface area contributed by atoms with Crippen molar-refractivity contribution in [1.29, 1.82) is 0 Å². The van der Waals surface area contributed by atoms with Crippen molar-refractivity contribution < 1.29 is 0 Å². The molecule has 8 nitrogen and oxygen atoms in total. The Morgan fingerprint density at radius 3 is 2.90 bits per heavy atom. The van der Waals surface area contributed by atoms with Gasteiger partial charge < -0.3 is 5.32 Å². The van der Waals surface area contributed by atoms with Crippen LogP contribution in [0, 0.1) is 0 Å². The molecule has 0 saturated heterocycles. The maximum absolute atomic E-state index is 5.90. The lowest BCUT2D eigenvalue weighted by Crippen LogP contribution is -2.08. The molecule has 3 aromatic rings. The van der Waals surface area contributed by atoms with Crippen molar-refractivity contribution in [3.63, 3.8) is 0 Å². The van der Waals surface area contributed by atoms with Crippen LogP contribution in [0.4, 0.5) is 5.95 Å². The molecule has 3 aromatic heterocycles. The lowest BCUT2D eigenvalue weighted by atomic mass is 10.4.